The maximum atomic E-state index is 9.05. The fourth-order valence-corrected chi connectivity index (χ4v) is 3.84. The molecule has 2 aromatic carbocycles. The molecule has 0 aliphatic carbocycles. The van der Waals surface area contributed by atoms with Crippen LogP contribution in [0.15, 0.2) is 55.1 Å². The van der Waals surface area contributed by atoms with Gasteiger partial charge in [-0.1, -0.05) is 13.3 Å². The van der Waals surface area contributed by atoms with Gasteiger partial charge in [0.15, 0.2) is 0 Å². The smallest absolute Gasteiger partial charge is 0.139 e. The molecule has 2 heterocycles. The Balaban J connectivity index is 1.60. The molecule has 0 aliphatic heterocycles. The normalized spacial score (nSPS) is 10.8. The molecule has 7 nitrogen and oxygen atoms in total. The van der Waals surface area contributed by atoms with Gasteiger partial charge in [0, 0.05) is 6.07 Å². The summed E-state index contributed by atoms with van der Waals surface area (Å²) in [6.07, 6.45) is 5.44. The average molecular weight is 404 g/mol. The van der Waals surface area contributed by atoms with Gasteiger partial charge in [0.05, 0.1) is 40.7 Å². The maximum absolute atomic E-state index is 9.05. The molecule has 0 N–H and O–H groups in total. The highest BCUT2D eigenvalue weighted by atomic mass is 32.1. The summed E-state index contributed by atoms with van der Waals surface area (Å²) in [4.78, 5) is 4.80. The summed E-state index contributed by atoms with van der Waals surface area (Å²) in [5, 5.41) is 19.9. The lowest BCUT2D eigenvalue weighted by Crippen LogP contribution is -2.27. The molecule has 29 heavy (non-hydrogen) atoms. The number of unbranched alkanes of at least 4 members (excludes halogenated alkanes) is 1. The lowest BCUT2D eigenvalue weighted by Gasteiger charge is -2.23. The van der Waals surface area contributed by atoms with E-state index < -0.39 is 0 Å². The molecular formula is C21H20N6OS. The summed E-state index contributed by atoms with van der Waals surface area (Å²) in [5.74, 6) is 0.852. The van der Waals surface area contributed by atoms with Crippen LogP contribution in [-0.2, 0) is 6.54 Å². The highest BCUT2D eigenvalue weighted by Crippen LogP contribution is 2.28. The third-order valence-electron chi connectivity index (χ3n) is 4.43. The van der Waals surface area contributed by atoms with Gasteiger partial charge in [0.1, 0.15) is 23.4 Å². The van der Waals surface area contributed by atoms with Crippen LogP contribution in [0.2, 0.25) is 0 Å². The molecule has 0 spiro atoms. The van der Waals surface area contributed by atoms with E-state index in [-0.39, 0.29) is 0 Å². The highest BCUT2D eigenvalue weighted by Gasteiger charge is 2.14. The molecule has 0 radical (unpaired) electrons. The van der Waals surface area contributed by atoms with Crippen LogP contribution in [0.1, 0.15) is 30.3 Å². The number of hydrogen-bond acceptors (Lipinski definition) is 7. The van der Waals surface area contributed by atoms with Crippen molar-refractivity contribution in [1.29, 1.82) is 5.26 Å². The van der Waals surface area contributed by atoms with E-state index in [0.717, 1.165) is 46.1 Å². The molecule has 0 bridgehead atoms. The van der Waals surface area contributed by atoms with Gasteiger partial charge in [0.2, 0.25) is 0 Å². The molecule has 0 atom stereocenters. The highest BCUT2D eigenvalue weighted by molar-refractivity contribution is 7.18. The fraction of sp³-hybridized carbons (Fsp3) is 0.238. The van der Waals surface area contributed by atoms with Crippen LogP contribution in [0.4, 0.5) is 5.69 Å². The SMILES string of the molecule is CCCCOc1ccc2sc(CN(c3ccc(C#N)cc3)n3cnnc3)nc2c1. The number of aromatic nitrogens is 4. The Morgan fingerprint density at radius 2 is 1.93 bits per heavy atom. The molecule has 0 saturated carbocycles. The van der Waals surface area contributed by atoms with Gasteiger partial charge >= 0.3 is 0 Å². The summed E-state index contributed by atoms with van der Waals surface area (Å²) < 4.78 is 8.73. The zero-order valence-electron chi connectivity index (χ0n) is 16.0. The van der Waals surface area contributed by atoms with Crippen molar-refractivity contribution >= 4 is 27.2 Å². The molecule has 146 valence electrons. The minimum Gasteiger partial charge on any atom is -0.494 e. The van der Waals surface area contributed by atoms with Crippen molar-refractivity contribution in [3.8, 4) is 11.8 Å². The summed E-state index contributed by atoms with van der Waals surface area (Å²) >= 11 is 1.65. The van der Waals surface area contributed by atoms with Crippen LogP contribution in [0.5, 0.6) is 5.75 Å². The molecule has 0 unspecified atom stereocenters. The molecule has 4 rings (SSSR count). The first kappa shape index (κ1) is 18.9. The number of ether oxygens (including phenoxy) is 1. The van der Waals surface area contributed by atoms with Gasteiger partial charge in [-0.25, -0.2) is 9.66 Å². The largest absolute Gasteiger partial charge is 0.494 e. The predicted octanol–water partition coefficient (Wildman–Crippen LogP) is 4.41. The Labute approximate surface area is 172 Å². The Bertz CT molecular complexity index is 1110. The number of nitrogens with zero attached hydrogens (tertiary/aromatic N) is 6. The third-order valence-corrected chi connectivity index (χ3v) is 5.46. The van der Waals surface area contributed by atoms with E-state index in [2.05, 4.69) is 29.3 Å². The maximum Gasteiger partial charge on any atom is 0.139 e. The summed E-state index contributed by atoms with van der Waals surface area (Å²) in [5.41, 5.74) is 2.47. The second-order valence-electron chi connectivity index (χ2n) is 6.50. The van der Waals surface area contributed by atoms with Gasteiger partial charge in [-0.2, -0.15) is 5.26 Å². The number of anilines is 1. The second kappa shape index (κ2) is 8.71. The van der Waals surface area contributed by atoms with Crippen molar-refractivity contribution in [1.82, 2.24) is 19.9 Å². The molecule has 8 heteroatoms. The topological polar surface area (TPSA) is 79.9 Å². The van der Waals surface area contributed by atoms with Crippen molar-refractivity contribution in [2.45, 2.75) is 26.3 Å². The van der Waals surface area contributed by atoms with Crippen LogP contribution < -0.4 is 9.75 Å². The van der Waals surface area contributed by atoms with Crippen molar-refractivity contribution in [2.75, 3.05) is 11.6 Å². The Kier molecular flexibility index (Phi) is 5.68. The van der Waals surface area contributed by atoms with Crippen LogP contribution >= 0.6 is 11.3 Å². The lowest BCUT2D eigenvalue weighted by atomic mass is 10.2. The first-order chi connectivity index (χ1) is 14.3. The van der Waals surface area contributed by atoms with Gasteiger partial charge < -0.3 is 4.74 Å². The van der Waals surface area contributed by atoms with Gasteiger partial charge in [-0.3, -0.25) is 5.01 Å². The number of rotatable bonds is 8. The number of benzene rings is 2. The monoisotopic (exact) mass is 404 g/mol. The van der Waals surface area contributed by atoms with E-state index in [1.165, 1.54) is 0 Å². The van der Waals surface area contributed by atoms with Gasteiger partial charge in [-0.05, 0) is 42.8 Å². The zero-order valence-corrected chi connectivity index (χ0v) is 16.8. The predicted molar refractivity (Wildman–Crippen MR) is 113 cm³/mol. The lowest BCUT2D eigenvalue weighted by molar-refractivity contribution is 0.310. The summed E-state index contributed by atoms with van der Waals surface area (Å²) in [6.45, 7) is 3.42. The molecule has 0 amide bonds. The van der Waals surface area contributed by atoms with Crippen LogP contribution in [0, 0.1) is 11.3 Å². The third kappa shape index (κ3) is 4.36. The number of fused-ring (bicyclic) bond motifs is 1. The van der Waals surface area contributed by atoms with Crippen LogP contribution in [0.25, 0.3) is 10.2 Å². The van der Waals surface area contributed by atoms with E-state index >= 15 is 0 Å². The molecule has 0 fully saturated rings. The minimum atomic E-state index is 0.551. The fourth-order valence-electron chi connectivity index (χ4n) is 2.91. The Morgan fingerprint density at radius 1 is 1.14 bits per heavy atom. The second-order valence-corrected chi connectivity index (χ2v) is 7.61. The van der Waals surface area contributed by atoms with Crippen LogP contribution in [-0.4, -0.2) is 26.5 Å². The van der Waals surface area contributed by atoms with Gasteiger partial charge in [0.25, 0.3) is 0 Å². The first-order valence-corrected chi connectivity index (χ1v) is 10.2. The quantitative estimate of drug-likeness (QED) is 0.405. The average Bonchev–Trinajstić information content (AvgIpc) is 3.41. The first-order valence-electron chi connectivity index (χ1n) is 9.41. The summed E-state index contributed by atoms with van der Waals surface area (Å²) in [6, 6.07) is 15.6. The van der Waals surface area contributed by atoms with Crippen molar-refractivity contribution in [3.63, 3.8) is 0 Å². The van der Waals surface area contributed by atoms with Crippen molar-refractivity contribution in [2.24, 2.45) is 0 Å². The van der Waals surface area contributed by atoms with E-state index in [9.17, 15) is 0 Å². The van der Waals surface area contributed by atoms with Crippen LogP contribution in [0.3, 0.4) is 0 Å². The number of nitriles is 1. The molecule has 0 saturated heterocycles. The standard InChI is InChI=1S/C21H20N6OS/c1-2-3-10-28-18-8-9-20-19(11-18)25-21(29-20)13-27(26-14-23-24-15-26)17-6-4-16(12-22)5-7-17/h4-9,11,14-15H,2-3,10,13H2,1H3. The molecule has 2 aromatic heterocycles. The molecule has 4 aromatic rings. The molecule has 0 aliphatic rings. The van der Waals surface area contributed by atoms with Crippen molar-refractivity contribution < 1.29 is 4.74 Å². The minimum absolute atomic E-state index is 0.551. The van der Waals surface area contributed by atoms with E-state index in [1.807, 2.05) is 34.0 Å². The zero-order chi connectivity index (χ0) is 20.1. The van der Waals surface area contributed by atoms with Gasteiger partial charge in [-0.15, -0.1) is 21.5 Å². The van der Waals surface area contributed by atoms with E-state index in [0.29, 0.717) is 12.1 Å². The number of thiazole rings is 1. The Morgan fingerprint density at radius 3 is 2.66 bits per heavy atom. The number of hydrogen-bond donors (Lipinski definition) is 0. The Hall–Kier alpha value is -3.44. The molecular weight excluding hydrogens is 384 g/mol. The van der Waals surface area contributed by atoms with Crippen molar-refractivity contribution in [3.05, 3.63) is 65.7 Å². The summed E-state index contributed by atoms with van der Waals surface area (Å²) in [7, 11) is 0. The van der Waals surface area contributed by atoms with E-state index in [1.54, 1.807) is 36.1 Å². The van der Waals surface area contributed by atoms with E-state index in [4.69, 9.17) is 15.0 Å².